The maximum absolute atomic E-state index is 5.43. The summed E-state index contributed by atoms with van der Waals surface area (Å²) in [7, 11) is 3.38. The number of nitrogens with one attached hydrogen (secondary N) is 1. The second kappa shape index (κ2) is 5.63. The molecule has 118 valence electrons. The smallest absolute Gasteiger partial charge is 0.153 e. The van der Waals surface area contributed by atoms with Crippen molar-refractivity contribution in [1.82, 2.24) is 4.98 Å². The van der Waals surface area contributed by atoms with Crippen LogP contribution in [0.1, 0.15) is 22.9 Å². The number of para-hydroxylation sites is 1. The maximum Gasteiger partial charge on any atom is 0.153 e. The normalized spacial score (nSPS) is 17.0. The fourth-order valence-electron chi connectivity index (χ4n) is 3.58. The third-order valence-corrected chi connectivity index (χ3v) is 4.69. The van der Waals surface area contributed by atoms with E-state index < -0.39 is 0 Å². The Bertz CT molecular complexity index is 831. The van der Waals surface area contributed by atoms with E-state index in [1.54, 1.807) is 14.2 Å². The van der Waals surface area contributed by atoms with Crippen molar-refractivity contribution in [2.45, 2.75) is 12.5 Å². The molecule has 4 heteroatoms. The molecule has 4 nitrogen and oxygen atoms in total. The number of aromatic nitrogens is 1. The lowest BCUT2D eigenvalue weighted by Crippen LogP contribution is -2.87. The van der Waals surface area contributed by atoms with Crippen LogP contribution in [0.3, 0.4) is 0 Å². The van der Waals surface area contributed by atoms with Gasteiger partial charge in [-0.2, -0.15) is 0 Å². The number of benzene rings is 2. The van der Waals surface area contributed by atoms with Gasteiger partial charge in [-0.1, -0.05) is 18.2 Å². The number of hydrogen-bond donors (Lipinski definition) is 2. The zero-order valence-electron chi connectivity index (χ0n) is 13.4. The molecular weight excluding hydrogens is 288 g/mol. The average molecular weight is 309 g/mol. The number of quaternary nitrogens is 1. The molecule has 0 amide bonds. The van der Waals surface area contributed by atoms with Crippen LogP contribution in [0, 0.1) is 0 Å². The van der Waals surface area contributed by atoms with E-state index in [0.717, 1.165) is 24.5 Å². The summed E-state index contributed by atoms with van der Waals surface area (Å²) in [5.41, 5.74) is 5.16. The van der Waals surface area contributed by atoms with E-state index >= 15 is 0 Å². The first-order valence-electron chi connectivity index (χ1n) is 7.96. The van der Waals surface area contributed by atoms with E-state index in [9.17, 15) is 0 Å². The lowest BCUT2D eigenvalue weighted by molar-refractivity contribution is -0.690. The summed E-state index contributed by atoms with van der Waals surface area (Å²) < 4.78 is 10.9. The second-order valence-electron chi connectivity index (χ2n) is 5.96. The maximum atomic E-state index is 5.43. The molecule has 0 saturated carbocycles. The summed E-state index contributed by atoms with van der Waals surface area (Å²) in [6, 6.07) is 14.9. The highest BCUT2D eigenvalue weighted by Crippen LogP contribution is 2.33. The number of aromatic amines is 1. The number of methoxy groups -OCH3 is 2. The third kappa shape index (κ3) is 2.35. The Morgan fingerprint density at radius 3 is 2.52 bits per heavy atom. The largest absolute Gasteiger partial charge is 0.497 e. The molecule has 1 aliphatic rings. The molecule has 0 radical (unpaired) electrons. The van der Waals surface area contributed by atoms with Gasteiger partial charge in [0.1, 0.15) is 11.5 Å². The van der Waals surface area contributed by atoms with E-state index in [4.69, 9.17) is 9.47 Å². The number of ether oxygens (including phenoxy) is 2. The summed E-state index contributed by atoms with van der Waals surface area (Å²) >= 11 is 0. The van der Waals surface area contributed by atoms with E-state index in [0.29, 0.717) is 0 Å². The number of rotatable bonds is 3. The molecule has 2 aromatic carbocycles. The van der Waals surface area contributed by atoms with E-state index in [2.05, 4.69) is 46.7 Å². The molecule has 23 heavy (non-hydrogen) atoms. The van der Waals surface area contributed by atoms with Crippen LogP contribution in [0.4, 0.5) is 0 Å². The minimum atomic E-state index is 0.246. The van der Waals surface area contributed by atoms with Gasteiger partial charge in [0.2, 0.25) is 0 Å². The van der Waals surface area contributed by atoms with E-state index in [1.165, 1.54) is 27.7 Å². The number of hydrogen-bond acceptors (Lipinski definition) is 2. The van der Waals surface area contributed by atoms with Crippen molar-refractivity contribution >= 4 is 10.9 Å². The molecule has 1 atom stereocenters. The molecule has 0 unspecified atom stereocenters. The molecule has 0 aliphatic carbocycles. The van der Waals surface area contributed by atoms with Gasteiger partial charge in [0, 0.05) is 29.0 Å². The molecule has 0 spiro atoms. The first-order chi connectivity index (χ1) is 11.3. The predicted octanol–water partition coefficient (Wildman–Crippen LogP) is 2.39. The van der Waals surface area contributed by atoms with Crippen LogP contribution in [-0.4, -0.2) is 25.7 Å². The van der Waals surface area contributed by atoms with Crippen LogP contribution in [-0.2, 0) is 6.42 Å². The van der Waals surface area contributed by atoms with Crippen molar-refractivity contribution in [2.75, 3.05) is 20.8 Å². The van der Waals surface area contributed by atoms with E-state index in [1.807, 2.05) is 6.07 Å². The van der Waals surface area contributed by atoms with Gasteiger partial charge in [-0.25, -0.2) is 0 Å². The lowest BCUT2D eigenvalue weighted by atomic mass is 9.94. The number of nitrogens with two attached hydrogens (primary N) is 1. The van der Waals surface area contributed by atoms with Crippen LogP contribution in [0.15, 0.2) is 42.5 Å². The summed E-state index contributed by atoms with van der Waals surface area (Å²) in [4.78, 5) is 3.63. The van der Waals surface area contributed by atoms with Crippen LogP contribution >= 0.6 is 0 Å². The quantitative estimate of drug-likeness (QED) is 0.780. The Morgan fingerprint density at radius 1 is 1.04 bits per heavy atom. The highest BCUT2D eigenvalue weighted by molar-refractivity contribution is 5.85. The minimum Gasteiger partial charge on any atom is -0.497 e. The molecule has 1 aromatic heterocycles. The Kier molecular flexibility index (Phi) is 3.46. The van der Waals surface area contributed by atoms with E-state index in [-0.39, 0.29) is 6.04 Å². The fraction of sp³-hybridized carbons (Fsp3) is 0.263. The van der Waals surface area contributed by atoms with Gasteiger partial charge < -0.3 is 19.8 Å². The van der Waals surface area contributed by atoms with Crippen molar-refractivity contribution in [3.8, 4) is 11.5 Å². The number of H-pyrrole nitrogens is 1. The highest BCUT2D eigenvalue weighted by atomic mass is 16.5. The van der Waals surface area contributed by atoms with Gasteiger partial charge in [-0.3, -0.25) is 0 Å². The predicted molar refractivity (Wildman–Crippen MR) is 90.2 cm³/mol. The Balaban J connectivity index is 1.86. The second-order valence-corrected chi connectivity index (χ2v) is 5.96. The molecule has 2 heterocycles. The summed E-state index contributed by atoms with van der Waals surface area (Å²) in [5, 5.41) is 3.72. The molecule has 3 aromatic rings. The Hall–Kier alpha value is -2.46. The van der Waals surface area contributed by atoms with Crippen molar-refractivity contribution in [3.63, 3.8) is 0 Å². The SMILES string of the molecule is COc1cc(OC)cc([C@@H]2[NH2+]CCc3c2[nH]c2ccccc32)c1. The summed E-state index contributed by atoms with van der Waals surface area (Å²) in [6.07, 6.45) is 1.09. The van der Waals surface area contributed by atoms with Crippen LogP contribution in [0.2, 0.25) is 0 Å². The van der Waals surface area contributed by atoms with Gasteiger partial charge in [0.15, 0.2) is 6.04 Å². The molecule has 0 saturated heterocycles. The highest BCUT2D eigenvalue weighted by Gasteiger charge is 2.29. The average Bonchev–Trinajstić information content (AvgIpc) is 3.00. The first-order valence-corrected chi connectivity index (χ1v) is 7.96. The molecule has 3 N–H and O–H groups in total. The van der Waals surface area contributed by atoms with Gasteiger partial charge >= 0.3 is 0 Å². The molecule has 4 rings (SSSR count). The van der Waals surface area contributed by atoms with Gasteiger partial charge in [-0.15, -0.1) is 0 Å². The van der Waals surface area contributed by atoms with Crippen molar-refractivity contribution < 1.29 is 14.8 Å². The zero-order chi connectivity index (χ0) is 15.8. The van der Waals surface area contributed by atoms with Crippen molar-refractivity contribution in [2.24, 2.45) is 0 Å². The monoisotopic (exact) mass is 309 g/mol. The van der Waals surface area contributed by atoms with Crippen LogP contribution in [0.25, 0.3) is 10.9 Å². The van der Waals surface area contributed by atoms with Gasteiger partial charge in [-0.05, 0) is 23.8 Å². The fourth-order valence-corrected chi connectivity index (χ4v) is 3.58. The first kappa shape index (κ1) is 14.2. The van der Waals surface area contributed by atoms with Gasteiger partial charge in [0.25, 0.3) is 0 Å². The molecule has 0 fully saturated rings. The standard InChI is InChI=1S/C19H20N2O2/c1-22-13-9-12(10-14(11-13)23-2)18-19-16(7-8-20-18)15-5-3-4-6-17(15)21-19/h3-6,9-11,18,20-21H,7-8H2,1-2H3/p+1/t18-/m0/s1. The summed E-state index contributed by atoms with van der Waals surface area (Å²) in [6.45, 7) is 1.08. The lowest BCUT2D eigenvalue weighted by Gasteiger charge is -2.22. The van der Waals surface area contributed by atoms with Crippen molar-refractivity contribution in [3.05, 3.63) is 59.3 Å². The summed E-state index contributed by atoms with van der Waals surface area (Å²) in [5.74, 6) is 1.66. The molecular formula is C19H21N2O2+. The molecule has 0 bridgehead atoms. The topological polar surface area (TPSA) is 50.9 Å². The van der Waals surface area contributed by atoms with Crippen molar-refractivity contribution in [1.29, 1.82) is 0 Å². The molecule has 1 aliphatic heterocycles. The Morgan fingerprint density at radius 2 is 1.78 bits per heavy atom. The number of fused-ring (bicyclic) bond motifs is 3. The third-order valence-electron chi connectivity index (χ3n) is 4.69. The van der Waals surface area contributed by atoms with Gasteiger partial charge in [0.05, 0.1) is 26.5 Å². The minimum absolute atomic E-state index is 0.246. The Labute approximate surface area is 135 Å². The van der Waals surface area contributed by atoms with Crippen LogP contribution < -0.4 is 14.8 Å². The van der Waals surface area contributed by atoms with Crippen LogP contribution in [0.5, 0.6) is 11.5 Å². The zero-order valence-corrected chi connectivity index (χ0v) is 13.4.